The number of aryl methyl sites for hydroxylation is 1. The molecule has 0 fully saturated rings. The lowest BCUT2D eigenvalue weighted by Crippen LogP contribution is -2.30. The molecule has 20 heavy (non-hydrogen) atoms. The number of rotatable bonds is 2. The summed E-state index contributed by atoms with van der Waals surface area (Å²) >= 11 is 1.79. The smallest absolute Gasteiger partial charge is 0.142 e. The van der Waals surface area contributed by atoms with Gasteiger partial charge in [0.15, 0.2) is 0 Å². The van der Waals surface area contributed by atoms with Crippen LogP contribution in [0.15, 0.2) is 18.2 Å². The molecular weight excluding hydrogens is 266 g/mol. The van der Waals surface area contributed by atoms with Crippen molar-refractivity contribution in [2.24, 2.45) is 5.41 Å². The van der Waals surface area contributed by atoms with Crippen molar-refractivity contribution in [3.05, 3.63) is 34.5 Å². The Morgan fingerprint density at radius 3 is 2.80 bits per heavy atom. The fraction of sp³-hybridized carbons (Fsp3) is 0.500. The van der Waals surface area contributed by atoms with E-state index in [1.807, 2.05) is 20.0 Å². The molecule has 0 aromatic carbocycles. The van der Waals surface area contributed by atoms with Crippen molar-refractivity contribution in [3.63, 3.8) is 0 Å². The lowest BCUT2D eigenvalue weighted by atomic mass is 9.76. The Kier molecular flexibility index (Phi) is 3.38. The Hall–Kier alpha value is -1.26. The van der Waals surface area contributed by atoms with Gasteiger partial charge >= 0.3 is 0 Å². The maximum atomic E-state index is 4.87. The molecule has 0 radical (unpaired) electrons. The van der Waals surface area contributed by atoms with Gasteiger partial charge in [0.05, 0.1) is 11.4 Å². The number of fused-ring (bicyclic) bond motifs is 1. The van der Waals surface area contributed by atoms with E-state index >= 15 is 0 Å². The highest BCUT2D eigenvalue weighted by Gasteiger charge is 2.34. The molecule has 0 saturated heterocycles. The summed E-state index contributed by atoms with van der Waals surface area (Å²) in [4.78, 5) is 10.9. The summed E-state index contributed by atoms with van der Waals surface area (Å²) in [5, 5.41) is 4.49. The second-order valence-corrected chi connectivity index (χ2v) is 7.41. The second-order valence-electron chi connectivity index (χ2n) is 6.38. The molecule has 0 saturated carbocycles. The molecule has 0 aliphatic heterocycles. The van der Waals surface area contributed by atoms with Gasteiger partial charge in [-0.05, 0) is 44.4 Å². The number of nitrogens with one attached hydrogen (secondary N) is 1. The van der Waals surface area contributed by atoms with Crippen molar-refractivity contribution in [2.75, 3.05) is 7.05 Å². The van der Waals surface area contributed by atoms with Gasteiger partial charge in [-0.1, -0.05) is 19.9 Å². The van der Waals surface area contributed by atoms with Crippen LogP contribution in [0.2, 0.25) is 0 Å². The van der Waals surface area contributed by atoms with Crippen molar-refractivity contribution >= 4 is 11.3 Å². The van der Waals surface area contributed by atoms with E-state index in [4.69, 9.17) is 4.98 Å². The zero-order chi connectivity index (χ0) is 14.3. The van der Waals surface area contributed by atoms with E-state index in [9.17, 15) is 0 Å². The quantitative estimate of drug-likeness (QED) is 0.914. The molecule has 0 spiro atoms. The number of aromatic nitrogens is 2. The molecule has 2 aromatic rings. The maximum Gasteiger partial charge on any atom is 0.142 e. The van der Waals surface area contributed by atoms with Crippen LogP contribution in [-0.2, 0) is 6.42 Å². The van der Waals surface area contributed by atoms with E-state index in [0.717, 1.165) is 22.8 Å². The minimum absolute atomic E-state index is 0.312. The molecular formula is C16H21N3S. The third kappa shape index (κ3) is 2.50. The molecule has 1 aliphatic rings. The molecule has 1 N–H and O–H groups in total. The van der Waals surface area contributed by atoms with Gasteiger partial charge in [-0.25, -0.2) is 4.98 Å². The number of nitrogens with zero attached hydrogens (tertiary/aromatic N) is 2. The summed E-state index contributed by atoms with van der Waals surface area (Å²) in [6, 6.07) is 6.55. The number of hydrogen-bond donors (Lipinski definition) is 1. The zero-order valence-corrected chi connectivity index (χ0v) is 13.3. The van der Waals surface area contributed by atoms with E-state index in [1.165, 1.54) is 17.0 Å². The molecule has 2 heterocycles. The highest BCUT2D eigenvalue weighted by Crippen LogP contribution is 2.44. The molecule has 106 valence electrons. The summed E-state index contributed by atoms with van der Waals surface area (Å²) < 4.78 is 0. The summed E-state index contributed by atoms with van der Waals surface area (Å²) in [7, 11) is 2.04. The zero-order valence-electron chi connectivity index (χ0n) is 12.5. The van der Waals surface area contributed by atoms with Gasteiger partial charge in [-0.2, -0.15) is 0 Å². The van der Waals surface area contributed by atoms with Crippen LogP contribution in [0.5, 0.6) is 0 Å². The molecule has 0 amide bonds. The second kappa shape index (κ2) is 4.93. The molecule has 0 bridgehead atoms. The van der Waals surface area contributed by atoms with E-state index in [2.05, 4.69) is 36.3 Å². The first kappa shape index (κ1) is 13.7. The first-order valence-corrected chi connectivity index (χ1v) is 7.91. The molecule has 4 heteroatoms. The number of hydrogen-bond acceptors (Lipinski definition) is 4. The third-order valence-corrected chi connectivity index (χ3v) is 5.14. The highest BCUT2D eigenvalue weighted by molar-refractivity contribution is 7.15. The Balaban J connectivity index is 2.04. The normalized spacial score (nSPS) is 20.7. The van der Waals surface area contributed by atoms with Gasteiger partial charge in [0.1, 0.15) is 5.01 Å². The highest BCUT2D eigenvalue weighted by atomic mass is 32.1. The predicted molar refractivity (Wildman–Crippen MR) is 84.0 cm³/mol. The van der Waals surface area contributed by atoms with Gasteiger partial charge in [-0.3, -0.25) is 4.98 Å². The Morgan fingerprint density at radius 1 is 1.30 bits per heavy atom. The molecule has 3 nitrogen and oxygen atoms in total. The van der Waals surface area contributed by atoms with Gasteiger partial charge in [0.2, 0.25) is 0 Å². The van der Waals surface area contributed by atoms with Gasteiger partial charge in [-0.15, -0.1) is 11.3 Å². The first-order valence-electron chi connectivity index (χ1n) is 7.09. The Labute approximate surface area is 124 Å². The maximum absolute atomic E-state index is 4.87. The lowest BCUT2D eigenvalue weighted by Gasteiger charge is -2.34. The van der Waals surface area contributed by atoms with Crippen LogP contribution in [-0.4, -0.2) is 17.0 Å². The van der Waals surface area contributed by atoms with Crippen molar-refractivity contribution in [2.45, 2.75) is 39.7 Å². The lowest BCUT2D eigenvalue weighted by molar-refractivity contribution is 0.265. The van der Waals surface area contributed by atoms with E-state index in [-0.39, 0.29) is 0 Å². The standard InChI is InChI=1S/C16H21N3S/c1-10-6-5-7-11(18-10)15-19-13-9-16(2,3)8-12(17-4)14(13)20-15/h5-7,12,17H,8-9H2,1-4H3. The number of pyridine rings is 1. The molecule has 1 atom stereocenters. The Morgan fingerprint density at radius 2 is 2.10 bits per heavy atom. The Bertz CT molecular complexity index is 630. The van der Waals surface area contributed by atoms with Gasteiger partial charge in [0, 0.05) is 16.6 Å². The van der Waals surface area contributed by atoms with Gasteiger partial charge in [0.25, 0.3) is 0 Å². The monoisotopic (exact) mass is 287 g/mol. The van der Waals surface area contributed by atoms with Crippen LogP contribution in [0.25, 0.3) is 10.7 Å². The predicted octanol–water partition coefficient (Wildman–Crippen LogP) is 3.75. The van der Waals surface area contributed by atoms with Crippen LogP contribution in [0.3, 0.4) is 0 Å². The fourth-order valence-electron chi connectivity index (χ4n) is 2.94. The average molecular weight is 287 g/mol. The van der Waals surface area contributed by atoms with Gasteiger partial charge < -0.3 is 5.32 Å². The molecule has 1 unspecified atom stereocenters. The summed E-state index contributed by atoms with van der Waals surface area (Å²) in [5.41, 5.74) is 3.61. The van der Waals surface area contributed by atoms with Crippen molar-refractivity contribution in [1.29, 1.82) is 0 Å². The minimum atomic E-state index is 0.312. The molecule has 3 rings (SSSR count). The van der Waals surface area contributed by atoms with Crippen LogP contribution >= 0.6 is 11.3 Å². The van der Waals surface area contributed by atoms with E-state index in [1.54, 1.807) is 11.3 Å². The van der Waals surface area contributed by atoms with Crippen LogP contribution in [0.4, 0.5) is 0 Å². The van der Waals surface area contributed by atoms with E-state index < -0.39 is 0 Å². The van der Waals surface area contributed by atoms with E-state index in [0.29, 0.717) is 11.5 Å². The first-order chi connectivity index (χ1) is 9.48. The van der Waals surface area contributed by atoms with Crippen LogP contribution in [0, 0.1) is 12.3 Å². The largest absolute Gasteiger partial charge is 0.312 e. The van der Waals surface area contributed by atoms with Crippen molar-refractivity contribution in [1.82, 2.24) is 15.3 Å². The molecule has 2 aromatic heterocycles. The average Bonchev–Trinajstić information content (AvgIpc) is 2.80. The summed E-state index contributed by atoms with van der Waals surface area (Å²) in [6.07, 6.45) is 2.22. The molecule has 1 aliphatic carbocycles. The summed E-state index contributed by atoms with van der Waals surface area (Å²) in [5.74, 6) is 0. The van der Waals surface area contributed by atoms with Crippen molar-refractivity contribution < 1.29 is 0 Å². The van der Waals surface area contributed by atoms with Crippen LogP contribution in [0.1, 0.15) is 42.6 Å². The SMILES string of the molecule is CNC1CC(C)(C)Cc2nc(-c3cccc(C)n3)sc21. The van der Waals surface area contributed by atoms with Crippen molar-refractivity contribution in [3.8, 4) is 10.7 Å². The minimum Gasteiger partial charge on any atom is -0.312 e. The number of thiazole rings is 1. The van der Waals surface area contributed by atoms with Crippen LogP contribution < -0.4 is 5.32 Å². The summed E-state index contributed by atoms with van der Waals surface area (Å²) in [6.45, 7) is 6.67. The third-order valence-electron chi connectivity index (χ3n) is 3.90. The topological polar surface area (TPSA) is 37.8 Å². The fourth-order valence-corrected chi connectivity index (χ4v) is 4.10.